The maximum absolute atomic E-state index is 12.7. The minimum absolute atomic E-state index is 0.0442. The monoisotopic (exact) mass is 363 g/mol. The number of anilines is 1. The van der Waals surface area contributed by atoms with Crippen LogP contribution in [0.5, 0.6) is 0 Å². The van der Waals surface area contributed by atoms with Crippen molar-refractivity contribution in [3.63, 3.8) is 0 Å². The molecule has 1 atom stereocenters. The zero-order valence-corrected chi connectivity index (χ0v) is 15.8. The number of hydrogen-bond donors (Lipinski definition) is 0. The second kappa shape index (κ2) is 7.65. The van der Waals surface area contributed by atoms with E-state index in [9.17, 15) is 9.59 Å². The molecule has 2 heterocycles. The molecular weight excluding hydrogens is 338 g/mol. The molecule has 0 aromatic heterocycles. The van der Waals surface area contributed by atoms with Crippen molar-refractivity contribution in [1.29, 1.82) is 0 Å². The molecule has 25 heavy (non-hydrogen) atoms. The van der Waals surface area contributed by atoms with Crippen molar-refractivity contribution >= 4 is 29.1 Å². The Bertz CT molecular complexity index is 658. The van der Waals surface area contributed by atoms with Crippen LogP contribution in [0.1, 0.15) is 36.5 Å². The van der Waals surface area contributed by atoms with Crippen LogP contribution in [0, 0.1) is 5.92 Å². The molecule has 0 spiro atoms. The van der Waals surface area contributed by atoms with Crippen LogP contribution in [0.15, 0.2) is 18.2 Å². The number of carbonyl (C=O) groups is 2. The molecule has 0 saturated carbocycles. The topological polar surface area (TPSA) is 43.9 Å². The van der Waals surface area contributed by atoms with E-state index in [0.717, 1.165) is 31.9 Å². The second-order valence-electron chi connectivity index (χ2n) is 7.05. The van der Waals surface area contributed by atoms with Gasteiger partial charge >= 0.3 is 0 Å². The number of hydrogen-bond acceptors (Lipinski definition) is 3. The molecule has 0 bridgehead atoms. The maximum Gasteiger partial charge on any atom is 0.253 e. The molecule has 1 aromatic rings. The normalized spacial score (nSPS) is 20.4. The van der Waals surface area contributed by atoms with Crippen molar-refractivity contribution < 1.29 is 9.59 Å². The van der Waals surface area contributed by atoms with E-state index in [1.807, 2.05) is 24.0 Å². The lowest BCUT2D eigenvalue weighted by atomic mass is 10.1. The summed E-state index contributed by atoms with van der Waals surface area (Å²) in [6, 6.07) is 5.58. The largest absolute Gasteiger partial charge is 0.370 e. The zero-order valence-electron chi connectivity index (χ0n) is 15.0. The smallest absolute Gasteiger partial charge is 0.253 e. The van der Waals surface area contributed by atoms with Gasteiger partial charge in [0.2, 0.25) is 5.91 Å². The van der Waals surface area contributed by atoms with E-state index in [-0.39, 0.29) is 17.7 Å². The molecule has 1 unspecified atom stereocenters. The average molecular weight is 364 g/mol. The maximum atomic E-state index is 12.7. The number of benzene rings is 1. The van der Waals surface area contributed by atoms with Crippen LogP contribution in [0.25, 0.3) is 0 Å². The van der Waals surface area contributed by atoms with Crippen LogP contribution >= 0.6 is 11.6 Å². The SMILES string of the molecule is CCN1CC(CN(C)C(=O)c2ccc(N3CCCC3)c(Cl)c2)CC1=O. The molecule has 6 heteroatoms. The summed E-state index contributed by atoms with van der Waals surface area (Å²) in [5.41, 5.74) is 1.62. The lowest BCUT2D eigenvalue weighted by molar-refractivity contribution is -0.127. The Morgan fingerprint density at radius 3 is 2.64 bits per heavy atom. The van der Waals surface area contributed by atoms with Gasteiger partial charge < -0.3 is 14.7 Å². The predicted octanol–water partition coefficient (Wildman–Crippen LogP) is 2.88. The number of halogens is 1. The Labute approximate surface area is 154 Å². The first kappa shape index (κ1) is 18.1. The Balaban J connectivity index is 1.64. The third kappa shape index (κ3) is 3.92. The molecule has 2 fully saturated rings. The number of rotatable bonds is 5. The standard InChI is InChI=1S/C19H26ClN3O2/c1-3-22-13-14(10-18(22)24)12-21(2)19(25)15-6-7-17(16(20)11-15)23-8-4-5-9-23/h6-7,11,14H,3-5,8-10,12-13H2,1-2H3. The summed E-state index contributed by atoms with van der Waals surface area (Å²) in [5.74, 6) is 0.351. The van der Waals surface area contributed by atoms with Gasteiger partial charge in [0.15, 0.2) is 0 Å². The van der Waals surface area contributed by atoms with Crippen molar-refractivity contribution in [2.24, 2.45) is 5.92 Å². The Morgan fingerprint density at radius 1 is 1.32 bits per heavy atom. The second-order valence-corrected chi connectivity index (χ2v) is 7.46. The van der Waals surface area contributed by atoms with Crippen molar-refractivity contribution in [2.75, 3.05) is 44.7 Å². The predicted molar refractivity (Wildman–Crippen MR) is 100 cm³/mol. The Hall–Kier alpha value is -1.75. The van der Waals surface area contributed by atoms with E-state index in [1.165, 1.54) is 12.8 Å². The molecule has 2 amide bonds. The number of likely N-dealkylation sites (tertiary alicyclic amines) is 1. The molecule has 2 aliphatic heterocycles. The molecule has 2 aliphatic rings. The minimum atomic E-state index is -0.0442. The molecule has 5 nitrogen and oxygen atoms in total. The third-order valence-corrected chi connectivity index (χ3v) is 5.50. The third-order valence-electron chi connectivity index (χ3n) is 5.20. The van der Waals surface area contributed by atoms with Crippen molar-refractivity contribution in [1.82, 2.24) is 9.80 Å². The first-order valence-electron chi connectivity index (χ1n) is 9.07. The Morgan fingerprint density at radius 2 is 2.04 bits per heavy atom. The van der Waals surface area contributed by atoms with Gasteiger partial charge in [0, 0.05) is 57.7 Å². The van der Waals surface area contributed by atoms with Gasteiger partial charge in [-0.15, -0.1) is 0 Å². The van der Waals surface area contributed by atoms with Crippen molar-refractivity contribution in [3.05, 3.63) is 28.8 Å². The van der Waals surface area contributed by atoms with Gasteiger partial charge in [0.25, 0.3) is 5.91 Å². The first-order valence-corrected chi connectivity index (χ1v) is 9.45. The lowest BCUT2D eigenvalue weighted by Gasteiger charge is -2.23. The van der Waals surface area contributed by atoms with Gasteiger partial charge in [-0.2, -0.15) is 0 Å². The van der Waals surface area contributed by atoms with Crippen LogP contribution in [0.2, 0.25) is 5.02 Å². The van der Waals surface area contributed by atoms with Crippen molar-refractivity contribution in [3.8, 4) is 0 Å². The van der Waals surface area contributed by atoms with Gasteiger partial charge in [-0.25, -0.2) is 0 Å². The van der Waals surface area contributed by atoms with Crippen LogP contribution in [0.3, 0.4) is 0 Å². The molecule has 0 radical (unpaired) electrons. The molecule has 0 aliphatic carbocycles. The highest BCUT2D eigenvalue weighted by Gasteiger charge is 2.30. The van der Waals surface area contributed by atoms with Gasteiger partial charge in [0.05, 0.1) is 10.7 Å². The van der Waals surface area contributed by atoms with Crippen LogP contribution in [-0.4, -0.2) is 61.4 Å². The average Bonchev–Trinajstić information content (AvgIpc) is 3.23. The quantitative estimate of drug-likeness (QED) is 0.808. The fourth-order valence-corrected chi connectivity index (χ4v) is 4.13. The Kier molecular flexibility index (Phi) is 5.52. The highest BCUT2D eigenvalue weighted by molar-refractivity contribution is 6.33. The van der Waals surface area contributed by atoms with E-state index in [2.05, 4.69) is 4.90 Å². The van der Waals surface area contributed by atoms with E-state index >= 15 is 0 Å². The van der Waals surface area contributed by atoms with Gasteiger partial charge in [-0.05, 0) is 38.0 Å². The first-order chi connectivity index (χ1) is 12.0. The fourth-order valence-electron chi connectivity index (χ4n) is 3.83. The zero-order chi connectivity index (χ0) is 18.0. The van der Waals surface area contributed by atoms with E-state index in [1.54, 1.807) is 18.0 Å². The number of amides is 2. The summed E-state index contributed by atoms with van der Waals surface area (Å²) in [5, 5.41) is 0.634. The van der Waals surface area contributed by atoms with Crippen LogP contribution < -0.4 is 4.90 Å². The summed E-state index contributed by atoms with van der Waals surface area (Å²) in [6.45, 7) is 6.10. The molecule has 0 N–H and O–H groups in total. The van der Waals surface area contributed by atoms with E-state index < -0.39 is 0 Å². The summed E-state index contributed by atoms with van der Waals surface area (Å²) in [6.07, 6.45) is 2.91. The minimum Gasteiger partial charge on any atom is -0.370 e. The van der Waals surface area contributed by atoms with Crippen molar-refractivity contribution in [2.45, 2.75) is 26.2 Å². The number of carbonyl (C=O) groups excluding carboxylic acids is 2. The molecule has 2 saturated heterocycles. The summed E-state index contributed by atoms with van der Waals surface area (Å²) in [7, 11) is 1.80. The van der Waals surface area contributed by atoms with E-state index in [4.69, 9.17) is 11.6 Å². The molecular formula is C19H26ClN3O2. The summed E-state index contributed by atoms with van der Waals surface area (Å²) < 4.78 is 0. The molecule has 1 aromatic carbocycles. The highest BCUT2D eigenvalue weighted by atomic mass is 35.5. The lowest BCUT2D eigenvalue weighted by Crippen LogP contribution is -2.33. The van der Waals surface area contributed by atoms with E-state index in [0.29, 0.717) is 23.6 Å². The van der Waals surface area contributed by atoms with Gasteiger partial charge in [-0.3, -0.25) is 9.59 Å². The summed E-state index contributed by atoms with van der Waals surface area (Å²) >= 11 is 6.42. The van der Waals surface area contributed by atoms with Crippen LogP contribution in [0.4, 0.5) is 5.69 Å². The fraction of sp³-hybridized carbons (Fsp3) is 0.579. The van der Waals surface area contributed by atoms with Crippen LogP contribution in [-0.2, 0) is 4.79 Å². The molecule has 3 rings (SSSR count). The van der Waals surface area contributed by atoms with Gasteiger partial charge in [-0.1, -0.05) is 11.6 Å². The number of nitrogens with zero attached hydrogens (tertiary/aromatic N) is 3. The van der Waals surface area contributed by atoms with Gasteiger partial charge in [0.1, 0.15) is 0 Å². The highest BCUT2D eigenvalue weighted by Crippen LogP contribution is 2.30. The molecule has 136 valence electrons. The summed E-state index contributed by atoms with van der Waals surface area (Å²) in [4.78, 5) is 30.4.